The molecule has 0 atom stereocenters. The molecule has 0 aliphatic carbocycles. The van der Waals surface area contributed by atoms with Gasteiger partial charge in [0.05, 0.1) is 0 Å². The zero-order valence-corrected chi connectivity index (χ0v) is 14.6. The van der Waals surface area contributed by atoms with Crippen LogP contribution in [0.25, 0.3) is 0 Å². The van der Waals surface area contributed by atoms with Gasteiger partial charge in [0.15, 0.2) is 0 Å². The number of hydrogen-bond donors (Lipinski definition) is 2. The van der Waals surface area contributed by atoms with Crippen LogP contribution in [0.15, 0.2) is 59.2 Å². The summed E-state index contributed by atoms with van der Waals surface area (Å²) in [7, 11) is 0. The number of hydrogen-bond acceptors (Lipinski definition) is 4. The molecule has 0 amide bonds. The summed E-state index contributed by atoms with van der Waals surface area (Å²) in [5.41, 5.74) is 4.38. The SMILES string of the molecule is Cc1ccc(C)c(Nc2ccnc(Nc3ccc(Br)cc3)n2)c1. The second-order valence-corrected chi connectivity index (χ2v) is 6.26. The molecule has 3 rings (SSSR count). The average molecular weight is 369 g/mol. The maximum atomic E-state index is 4.51. The van der Waals surface area contributed by atoms with E-state index < -0.39 is 0 Å². The van der Waals surface area contributed by atoms with Crippen LogP contribution in [-0.4, -0.2) is 9.97 Å². The molecule has 116 valence electrons. The molecule has 1 heterocycles. The van der Waals surface area contributed by atoms with Crippen LogP contribution in [0.4, 0.5) is 23.1 Å². The van der Waals surface area contributed by atoms with E-state index in [0.29, 0.717) is 5.95 Å². The van der Waals surface area contributed by atoms with Gasteiger partial charge >= 0.3 is 0 Å². The molecular formula is C18H17BrN4. The lowest BCUT2D eigenvalue weighted by atomic mass is 10.1. The van der Waals surface area contributed by atoms with Crippen LogP contribution in [0, 0.1) is 13.8 Å². The Morgan fingerprint density at radius 3 is 2.48 bits per heavy atom. The molecule has 2 aromatic carbocycles. The minimum absolute atomic E-state index is 0.558. The Bertz CT molecular complexity index is 816. The van der Waals surface area contributed by atoms with Crippen molar-refractivity contribution in [2.45, 2.75) is 13.8 Å². The van der Waals surface area contributed by atoms with Crippen molar-refractivity contribution >= 4 is 39.1 Å². The highest BCUT2D eigenvalue weighted by Crippen LogP contribution is 2.22. The third-order valence-corrected chi connectivity index (χ3v) is 3.94. The number of nitrogens with zero attached hydrogens (tertiary/aromatic N) is 2. The lowest BCUT2D eigenvalue weighted by Crippen LogP contribution is -2.01. The normalized spacial score (nSPS) is 10.4. The molecule has 1 aromatic heterocycles. The van der Waals surface area contributed by atoms with Crippen LogP contribution in [0.1, 0.15) is 11.1 Å². The van der Waals surface area contributed by atoms with E-state index in [4.69, 9.17) is 0 Å². The molecule has 0 radical (unpaired) electrons. The molecule has 0 fully saturated rings. The molecule has 0 spiro atoms. The summed E-state index contributed by atoms with van der Waals surface area (Å²) in [6.45, 7) is 4.15. The second-order valence-electron chi connectivity index (χ2n) is 5.34. The van der Waals surface area contributed by atoms with Gasteiger partial charge in [0.25, 0.3) is 0 Å². The minimum Gasteiger partial charge on any atom is -0.340 e. The first-order valence-electron chi connectivity index (χ1n) is 7.30. The number of nitrogens with one attached hydrogen (secondary N) is 2. The summed E-state index contributed by atoms with van der Waals surface area (Å²) in [6.07, 6.45) is 1.74. The minimum atomic E-state index is 0.558. The van der Waals surface area contributed by atoms with E-state index in [1.807, 2.05) is 30.3 Å². The molecule has 3 aromatic rings. The van der Waals surface area contributed by atoms with Crippen molar-refractivity contribution in [3.63, 3.8) is 0 Å². The van der Waals surface area contributed by atoms with Gasteiger partial charge in [-0.15, -0.1) is 0 Å². The fourth-order valence-electron chi connectivity index (χ4n) is 2.16. The Morgan fingerprint density at radius 2 is 1.70 bits per heavy atom. The van der Waals surface area contributed by atoms with E-state index in [1.54, 1.807) is 6.20 Å². The predicted molar refractivity (Wildman–Crippen MR) is 98.7 cm³/mol. The molecule has 0 bridgehead atoms. The van der Waals surface area contributed by atoms with Crippen molar-refractivity contribution in [3.05, 3.63) is 70.3 Å². The van der Waals surface area contributed by atoms with Gasteiger partial charge in [-0.05, 0) is 61.4 Å². The molecule has 0 aliphatic heterocycles. The van der Waals surface area contributed by atoms with E-state index in [1.165, 1.54) is 11.1 Å². The predicted octanol–water partition coefficient (Wildman–Crippen LogP) is 5.34. The average Bonchev–Trinajstić information content (AvgIpc) is 2.54. The summed E-state index contributed by atoms with van der Waals surface area (Å²) in [5, 5.41) is 6.55. The van der Waals surface area contributed by atoms with Crippen LogP contribution in [0.5, 0.6) is 0 Å². The first kappa shape index (κ1) is 15.5. The molecule has 23 heavy (non-hydrogen) atoms. The third-order valence-electron chi connectivity index (χ3n) is 3.41. The Morgan fingerprint density at radius 1 is 0.913 bits per heavy atom. The Balaban J connectivity index is 1.79. The van der Waals surface area contributed by atoms with Crippen molar-refractivity contribution in [2.24, 2.45) is 0 Å². The second kappa shape index (κ2) is 6.79. The molecular weight excluding hydrogens is 352 g/mol. The lowest BCUT2D eigenvalue weighted by molar-refractivity contribution is 1.16. The topological polar surface area (TPSA) is 49.8 Å². The summed E-state index contributed by atoms with van der Waals surface area (Å²) < 4.78 is 1.04. The third kappa shape index (κ3) is 4.07. The van der Waals surface area contributed by atoms with E-state index in [0.717, 1.165) is 21.7 Å². The smallest absolute Gasteiger partial charge is 0.229 e. The number of aryl methyl sites for hydroxylation is 2. The van der Waals surface area contributed by atoms with Crippen LogP contribution in [0.3, 0.4) is 0 Å². The highest BCUT2D eigenvalue weighted by molar-refractivity contribution is 9.10. The van der Waals surface area contributed by atoms with Gasteiger partial charge in [-0.1, -0.05) is 28.1 Å². The molecule has 4 nitrogen and oxygen atoms in total. The van der Waals surface area contributed by atoms with Gasteiger partial charge in [0.1, 0.15) is 5.82 Å². The van der Waals surface area contributed by atoms with E-state index >= 15 is 0 Å². The first-order valence-corrected chi connectivity index (χ1v) is 8.09. The van der Waals surface area contributed by atoms with Gasteiger partial charge < -0.3 is 10.6 Å². The monoisotopic (exact) mass is 368 g/mol. The lowest BCUT2D eigenvalue weighted by Gasteiger charge is -2.11. The van der Waals surface area contributed by atoms with Crippen molar-refractivity contribution < 1.29 is 0 Å². The van der Waals surface area contributed by atoms with E-state index in [-0.39, 0.29) is 0 Å². The molecule has 0 saturated heterocycles. The zero-order valence-electron chi connectivity index (χ0n) is 13.0. The standard InChI is InChI=1S/C18H17BrN4/c1-12-3-4-13(2)16(11-12)22-17-9-10-20-18(23-17)21-15-7-5-14(19)6-8-15/h3-11H,1-2H3,(H2,20,21,22,23). The Kier molecular flexibility index (Phi) is 4.57. The van der Waals surface area contributed by atoms with Crippen LogP contribution >= 0.6 is 15.9 Å². The first-order chi connectivity index (χ1) is 11.1. The van der Waals surface area contributed by atoms with Gasteiger partial charge in [0.2, 0.25) is 5.95 Å². The zero-order chi connectivity index (χ0) is 16.2. The fourth-order valence-corrected chi connectivity index (χ4v) is 2.42. The number of anilines is 4. The van der Waals surface area contributed by atoms with Gasteiger partial charge in [-0.2, -0.15) is 4.98 Å². The Hall–Kier alpha value is -2.40. The summed E-state index contributed by atoms with van der Waals surface area (Å²) in [6, 6.07) is 16.0. The Labute approximate surface area is 144 Å². The molecule has 0 aliphatic rings. The fraction of sp³-hybridized carbons (Fsp3) is 0.111. The maximum Gasteiger partial charge on any atom is 0.229 e. The molecule has 2 N–H and O–H groups in total. The molecule has 0 unspecified atom stereocenters. The highest BCUT2D eigenvalue weighted by atomic mass is 79.9. The van der Waals surface area contributed by atoms with Crippen LogP contribution < -0.4 is 10.6 Å². The number of halogens is 1. The van der Waals surface area contributed by atoms with Gasteiger partial charge in [-0.25, -0.2) is 4.98 Å². The quantitative estimate of drug-likeness (QED) is 0.652. The van der Waals surface area contributed by atoms with Gasteiger partial charge in [0, 0.05) is 22.0 Å². The highest BCUT2D eigenvalue weighted by Gasteiger charge is 2.03. The van der Waals surface area contributed by atoms with Crippen molar-refractivity contribution in [2.75, 3.05) is 10.6 Å². The maximum absolute atomic E-state index is 4.51. The largest absolute Gasteiger partial charge is 0.340 e. The van der Waals surface area contributed by atoms with Crippen molar-refractivity contribution in [3.8, 4) is 0 Å². The van der Waals surface area contributed by atoms with Crippen LogP contribution in [-0.2, 0) is 0 Å². The van der Waals surface area contributed by atoms with E-state index in [2.05, 4.69) is 68.6 Å². The van der Waals surface area contributed by atoms with Crippen molar-refractivity contribution in [1.82, 2.24) is 9.97 Å². The van der Waals surface area contributed by atoms with Gasteiger partial charge in [-0.3, -0.25) is 0 Å². The van der Waals surface area contributed by atoms with Crippen molar-refractivity contribution in [1.29, 1.82) is 0 Å². The number of rotatable bonds is 4. The summed E-state index contributed by atoms with van der Waals surface area (Å²) >= 11 is 3.42. The number of benzene rings is 2. The van der Waals surface area contributed by atoms with E-state index in [9.17, 15) is 0 Å². The number of aromatic nitrogens is 2. The molecule has 0 saturated carbocycles. The van der Waals surface area contributed by atoms with Crippen LogP contribution in [0.2, 0.25) is 0 Å². The molecule has 5 heteroatoms. The summed E-state index contributed by atoms with van der Waals surface area (Å²) in [5.74, 6) is 1.32. The summed E-state index contributed by atoms with van der Waals surface area (Å²) in [4.78, 5) is 8.78.